The highest BCUT2D eigenvalue weighted by molar-refractivity contribution is 5.65. The van der Waals surface area contributed by atoms with Gasteiger partial charge in [0.15, 0.2) is 0 Å². The van der Waals surface area contributed by atoms with Gasteiger partial charge in [0, 0.05) is 36.7 Å². The fourth-order valence-electron chi connectivity index (χ4n) is 3.77. The second-order valence-electron chi connectivity index (χ2n) is 7.44. The number of pyridine rings is 1. The summed E-state index contributed by atoms with van der Waals surface area (Å²) >= 11 is 0. The van der Waals surface area contributed by atoms with Crippen LogP contribution in [0.3, 0.4) is 0 Å². The van der Waals surface area contributed by atoms with Crippen LogP contribution in [-0.2, 0) is 9.53 Å². The van der Waals surface area contributed by atoms with Crippen LogP contribution in [0.5, 0.6) is 0 Å². The Balaban J connectivity index is 2.09. The van der Waals surface area contributed by atoms with E-state index in [0.29, 0.717) is 19.1 Å². The number of aromatic nitrogens is 1. The molecule has 1 amide bonds. The maximum atomic E-state index is 13.4. The van der Waals surface area contributed by atoms with Crippen LogP contribution in [0, 0.1) is 18.7 Å². The Morgan fingerprint density at radius 2 is 2.04 bits per heavy atom. The lowest BCUT2D eigenvalue weighted by atomic mass is 9.89. The van der Waals surface area contributed by atoms with Crippen LogP contribution < -0.4 is 5.32 Å². The van der Waals surface area contributed by atoms with Crippen molar-refractivity contribution in [1.82, 2.24) is 10.3 Å². The van der Waals surface area contributed by atoms with Crippen molar-refractivity contribution in [2.75, 3.05) is 20.3 Å². The summed E-state index contributed by atoms with van der Waals surface area (Å²) in [7, 11) is 1.70. The van der Waals surface area contributed by atoms with Gasteiger partial charge in [0.2, 0.25) is 6.41 Å². The van der Waals surface area contributed by atoms with Gasteiger partial charge in [-0.15, -0.1) is 0 Å². The monoisotopic (exact) mass is 370 g/mol. The average molecular weight is 370 g/mol. The van der Waals surface area contributed by atoms with Gasteiger partial charge in [0.05, 0.1) is 12.3 Å². The molecular formula is C22H27FN2O2. The largest absolute Gasteiger partial charge is 0.384 e. The molecule has 0 bridgehead atoms. The molecule has 1 aromatic carbocycles. The van der Waals surface area contributed by atoms with Gasteiger partial charge in [-0.3, -0.25) is 9.78 Å². The lowest BCUT2D eigenvalue weighted by Gasteiger charge is -2.22. The molecule has 2 unspecified atom stereocenters. The molecule has 0 saturated heterocycles. The minimum Gasteiger partial charge on any atom is -0.384 e. The van der Waals surface area contributed by atoms with Gasteiger partial charge < -0.3 is 10.1 Å². The van der Waals surface area contributed by atoms with Crippen LogP contribution in [0.25, 0.3) is 11.3 Å². The number of hydrogen-bond donors (Lipinski definition) is 1. The molecule has 3 rings (SSSR count). The second kappa shape index (κ2) is 8.61. The van der Waals surface area contributed by atoms with Crippen molar-refractivity contribution in [3.63, 3.8) is 0 Å². The second-order valence-corrected chi connectivity index (χ2v) is 7.44. The third-order valence-electron chi connectivity index (χ3n) is 5.39. The van der Waals surface area contributed by atoms with Crippen molar-refractivity contribution in [1.29, 1.82) is 0 Å². The minimum absolute atomic E-state index is 0.198. The van der Waals surface area contributed by atoms with E-state index in [1.807, 2.05) is 0 Å². The number of methoxy groups -OCH3 is 1. The number of ether oxygens (including phenoxy) is 1. The number of halogens is 1. The number of carbonyl (C=O) groups excluding carboxylic acids is 1. The molecule has 1 aromatic heterocycles. The molecule has 5 heteroatoms. The Hall–Kier alpha value is -2.27. The lowest BCUT2D eigenvalue weighted by Crippen LogP contribution is -2.23. The van der Waals surface area contributed by atoms with Crippen LogP contribution in [0.2, 0.25) is 0 Å². The topological polar surface area (TPSA) is 51.2 Å². The molecule has 144 valence electrons. The molecule has 1 saturated carbocycles. The first-order chi connectivity index (χ1) is 13.0. The molecule has 1 aliphatic rings. The first kappa shape index (κ1) is 19.5. The summed E-state index contributed by atoms with van der Waals surface area (Å²) in [6.45, 7) is 5.41. The molecule has 0 aliphatic heterocycles. The van der Waals surface area contributed by atoms with E-state index in [1.54, 1.807) is 19.2 Å². The maximum Gasteiger partial charge on any atom is 0.207 e. The molecule has 2 aromatic rings. The fraction of sp³-hybridized carbons (Fsp3) is 0.455. The molecule has 0 radical (unpaired) electrons. The summed E-state index contributed by atoms with van der Waals surface area (Å²) < 4.78 is 18.8. The Bertz CT molecular complexity index is 788. The minimum atomic E-state index is -0.258. The standard InChI is InChI=1S/C22H27FN2O2/c1-14(12-27-3)19-10-21(20(11-24-13-26)16-4-5-16)25-22(15(19)2)17-6-8-18(23)9-7-17/h6-10,13-14,16,20H,4-5,11-12H2,1-3H3,(H,24,26). The van der Waals surface area contributed by atoms with Gasteiger partial charge in [-0.25, -0.2) is 4.39 Å². The molecule has 4 nitrogen and oxygen atoms in total. The zero-order chi connectivity index (χ0) is 19.4. The van der Waals surface area contributed by atoms with Gasteiger partial charge >= 0.3 is 0 Å². The van der Waals surface area contributed by atoms with Crippen molar-refractivity contribution in [2.45, 2.75) is 38.5 Å². The molecule has 1 N–H and O–H groups in total. The third kappa shape index (κ3) is 4.53. The normalized spacial score (nSPS) is 16.0. The summed E-state index contributed by atoms with van der Waals surface area (Å²) in [5, 5.41) is 2.83. The molecule has 27 heavy (non-hydrogen) atoms. The zero-order valence-corrected chi connectivity index (χ0v) is 16.2. The van der Waals surface area contributed by atoms with Gasteiger partial charge in [-0.05, 0) is 67.1 Å². The zero-order valence-electron chi connectivity index (χ0n) is 16.2. The molecule has 1 fully saturated rings. The predicted molar refractivity (Wildman–Crippen MR) is 104 cm³/mol. The quantitative estimate of drug-likeness (QED) is 0.674. The van der Waals surface area contributed by atoms with E-state index in [2.05, 4.69) is 25.2 Å². The number of nitrogens with one attached hydrogen (secondary N) is 1. The van der Waals surface area contributed by atoms with Crippen LogP contribution in [-0.4, -0.2) is 31.7 Å². The molecule has 1 aliphatic carbocycles. The van der Waals surface area contributed by atoms with Gasteiger partial charge in [0.25, 0.3) is 0 Å². The van der Waals surface area contributed by atoms with Gasteiger partial charge in [-0.1, -0.05) is 6.92 Å². The smallest absolute Gasteiger partial charge is 0.207 e. The van der Waals surface area contributed by atoms with E-state index in [9.17, 15) is 9.18 Å². The summed E-state index contributed by atoms with van der Waals surface area (Å²) in [6, 6.07) is 8.65. The van der Waals surface area contributed by atoms with Gasteiger partial charge in [-0.2, -0.15) is 0 Å². The highest BCUT2D eigenvalue weighted by Crippen LogP contribution is 2.43. The van der Waals surface area contributed by atoms with Crippen LogP contribution in [0.1, 0.15) is 48.4 Å². The van der Waals surface area contributed by atoms with E-state index in [4.69, 9.17) is 9.72 Å². The Labute approximate surface area is 160 Å². The number of amides is 1. The number of nitrogens with zero attached hydrogens (tertiary/aromatic N) is 1. The van der Waals surface area contributed by atoms with Crippen LogP contribution in [0.4, 0.5) is 4.39 Å². The van der Waals surface area contributed by atoms with E-state index >= 15 is 0 Å². The predicted octanol–water partition coefficient (Wildman–Crippen LogP) is 4.19. The Morgan fingerprint density at radius 3 is 2.63 bits per heavy atom. The highest BCUT2D eigenvalue weighted by atomic mass is 19.1. The van der Waals surface area contributed by atoms with E-state index < -0.39 is 0 Å². The Kier molecular flexibility index (Phi) is 6.22. The number of benzene rings is 1. The lowest BCUT2D eigenvalue weighted by molar-refractivity contribution is -0.109. The van der Waals surface area contributed by atoms with E-state index in [1.165, 1.54) is 17.7 Å². The van der Waals surface area contributed by atoms with Crippen molar-refractivity contribution < 1.29 is 13.9 Å². The molecule has 0 spiro atoms. The summed E-state index contributed by atoms with van der Waals surface area (Å²) in [5.41, 5.74) is 5.06. The van der Waals surface area contributed by atoms with Crippen molar-refractivity contribution >= 4 is 6.41 Å². The number of rotatable bonds is 9. The SMILES string of the molecule is COCC(C)c1cc(C(CNC=O)C2CC2)nc(-c2ccc(F)cc2)c1C. The van der Waals surface area contributed by atoms with Crippen molar-refractivity contribution in [2.24, 2.45) is 5.92 Å². The summed E-state index contributed by atoms with van der Waals surface area (Å²) in [4.78, 5) is 15.8. The van der Waals surface area contributed by atoms with Crippen molar-refractivity contribution in [3.8, 4) is 11.3 Å². The number of carbonyl (C=O) groups is 1. The number of hydrogen-bond acceptors (Lipinski definition) is 3. The van der Waals surface area contributed by atoms with E-state index in [-0.39, 0.29) is 17.7 Å². The first-order valence-electron chi connectivity index (χ1n) is 9.48. The maximum absolute atomic E-state index is 13.4. The molecular weight excluding hydrogens is 343 g/mol. The molecule has 2 atom stereocenters. The third-order valence-corrected chi connectivity index (χ3v) is 5.39. The summed E-state index contributed by atoms with van der Waals surface area (Å²) in [6.07, 6.45) is 3.07. The fourth-order valence-corrected chi connectivity index (χ4v) is 3.77. The van der Waals surface area contributed by atoms with E-state index in [0.717, 1.165) is 41.8 Å². The van der Waals surface area contributed by atoms with Crippen molar-refractivity contribution in [3.05, 3.63) is 53.0 Å². The summed E-state index contributed by atoms with van der Waals surface area (Å²) in [5.74, 6) is 0.712. The average Bonchev–Trinajstić information content (AvgIpc) is 3.49. The van der Waals surface area contributed by atoms with Crippen LogP contribution >= 0.6 is 0 Å². The molecule has 1 heterocycles. The van der Waals surface area contributed by atoms with Crippen LogP contribution in [0.15, 0.2) is 30.3 Å². The first-order valence-corrected chi connectivity index (χ1v) is 9.48. The Morgan fingerprint density at radius 1 is 1.33 bits per heavy atom. The highest BCUT2D eigenvalue weighted by Gasteiger charge is 2.34. The van der Waals surface area contributed by atoms with Gasteiger partial charge in [0.1, 0.15) is 5.82 Å².